The van der Waals surface area contributed by atoms with Gasteiger partial charge in [-0.05, 0) is 56.9 Å². The molecule has 0 aromatic heterocycles. The van der Waals surface area contributed by atoms with Gasteiger partial charge in [0.05, 0.1) is 11.3 Å². The molecular formula is C27H31F2N5O3. The molecule has 2 aromatic carbocycles. The van der Waals surface area contributed by atoms with Crippen molar-refractivity contribution >= 4 is 29.2 Å². The van der Waals surface area contributed by atoms with Crippen LogP contribution in [0.2, 0.25) is 0 Å². The number of amides is 4. The summed E-state index contributed by atoms with van der Waals surface area (Å²) >= 11 is 0. The Morgan fingerprint density at radius 1 is 1.00 bits per heavy atom. The van der Waals surface area contributed by atoms with Crippen molar-refractivity contribution in [3.8, 4) is 0 Å². The van der Waals surface area contributed by atoms with Crippen LogP contribution in [0, 0.1) is 11.6 Å². The summed E-state index contributed by atoms with van der Waals surface area (Å²) in [7, 11) is 0. The number of hydrogen-bond donors (Lipinski definition) is 2. The molecule has 0 spiro atoms. The SMILES string of the molecule is CC(C)=NC(=O)c1cccc(CN2CCN(C(=O)c3cc(F)c(NC(=O)NC4CCC4)cc3F)CC2)c1. The van der Waals surface area contributed by atoms with E-state index in [9.17, 15) is 23.2 Å². The van der Waals surface area contributed by atoms with Crippen molar-refractivity contribution < 1.29 is 23.2 Å². The lowest BCUT2D eigenvalue weighted by Crippen LogP contribution is -2.48. The maximum atomic E-state index is 14.7. The molecule has 1 saturated heterocycles. The van der Waals surface area contributed by atoms with Crippen LogP contribution in [0.3, 0.4) is 0 Å². The predicted molar refractivity (Wildman–Crippen MR) is 137 cm³/mol. The molecule has 37 heavy (non-hydrogen) atoms. The number of hydrogen-bond acceptors (Lipinski definition) is 4. The van der Waals surface area contributed by atoms with Gasteiger partial charge < -0.3 is 15.5 Å². The van der Waals surface area contributed by atoms with Crippen molar-refractivity contribution in [2.75, 3.05) is 31.5 Å². The molecule has 0 unspecified atom stereocenters. The van der Waals surface area contributed by atoms with Gasteiger partial charge in [-0.3, -0.25) is 14.5 Å². The van der Waals surface area contributed by atoms with Crippen LogP contribution in [0.4, 0.5) is 19.3 Å². The summed E-state index contributed by atoms with van der Waals surface area (Å²) in [6.07, 6.45) is 2.76. The molecule has 4 amide bonds. The third-order valence-electron chi connectivity index (χ3n) is 6.54. The molecule has 0 radical (unpaired) electrons. The van der Waals surface area contributed by atoms with Gasteiger partial charge in [0, 0.05) is 56.1 Å². The molecule has 10 heteroatoms. The van der Waals surface area contributed by atoms with Gasteiger partial charge in [-0.2, -0.15) is 0 Å². The monoisotopic (exact) mass is 511 g/mol. The first-order valence-electron chi connectivity index (χ1n) is 12.4. The molecule has 1 aliphatic heterocycles. The highest BCUT2D eigenvalue weighted by Gasteiger charge is 2.26. The standard InChI is InChI=1S/C27H31F2N5O3/c1-17(2)30-25(35)19-6-3-5-18(13-19)16-33-9-11-34(12-10-33)26(36)21-14-23(29)24(15-22(21)28)32-27(37)31-20-7-4-8-20/h3,5-6,13-15,20H,4,7-12,16H2,1-2H3,(H2,31,32,37). The maximum absolute atomic E-state index is 14.7. The summed E-state index contributed by atoms with van der Waals surface area (Å²) in [5, 5.41) is 5.02. The molecule has 1 saturated carbocycles. The van der Waals surface area contributed by atoms with E-state index in [0.29, 0.717) is 44.0 Å². The van der Waals surface area contributed by atoms with E-state index >= 15 is 0 Å². The smallest absolute Gasteiger partial charge is 0.319 e. The number of nitrogens with one attached hydrogen (secondary N) is 2. The zero-order chi connectivity index (χ0) is 26.5. The van der Waals surface area contributed by atoms with Crippen molar-refractivity contribution in [3.63, 3.8) is 0 Å². The highest BCUT2D eigenvalue weighted by molar-refractivity contribution is 6.02. The van der Waals surface area contributed by atoms with E-state index in [1.54, 1.807) is 19.9 Å². The fourth-order valence-electron chi connectivity index (χ4n) is 4.31. The van der Waals surface area contributed by atoms with Crippen molar-refractivity contribution in [2.45, 2.75) is 45.7 Å². The minimum atomic E-state index is -0.890. The van der Waals surface area contributed by atoms with Gasteiger partial charge in [-0.15, -0.1) is 0 Å². The van der Waals surface area contributed by atoms with Crippen molar-refractivity contribution in [3.05, 3.63) is 64.7 Å². The molecule has 0 bridgehead atoms. The third kappa shape index (κ3) is 6.76. The predicted octanol–water partition coefficient (Wildman–Crippen LogP) is 4.22. The Morgan fingerprint density at radius 3 is 2.38 bits per heavy atom. The van der Waals surface area contributed by atoms with Crippen LogP contribution >= 0.6 is 0 Å². The first-order valence-corrected chi connectivity index (χ1v) is 12.4. The summed E-state index contributed by atoms with van der Waals surface area (Å²) in [4.78, 5) is 44.7. The number of nitrogens with zero attached hydrogens (tertiary/aromatic N) is 3. The van der Waals surface area contributed by atoms with E-state index in [0.717, 1.165) is 37.0 Å². The second-order valence-corrected chi connectivity index (χ2v) is 9.67. The van der Waals surface area contributed by atoms with Crippen molar-refractivity contribution in [1.82, 2.24) is 15.1 Å². The number of halogens is 2. The Labute approximate surface area is 214 Å². The first kappa shape index (κ1) is 26.4. The Hall–Kier alpha value is -3.66. The molecule has 1 heterocycles. The van der Waals surface area contributed by atoms with Crippen LogP contribution in [-0.2, 0) is 6.54 Å². The minimum Gasteiger partial charge on any atom is -0.336 e. The fourth-order valence-corrected chi connectivity index (χ4v) is 4.31. The van der Waals surface area contributed by atoms with Crippen LogP contribution < -0.4 is 10.6 Å². The summed E-state index contributed by atoms with van der Waals surface area (Å²) in [5.74, 6) is -2.64. The van der Waals surface area contributed by atoms with Crippen LogP contribution in [-0.4, -0.2) is 65.6 Å². The number of piperazine rings is 1. The van der Waals surface area contributed by atoms with Crippen LogP contribution in [0.25, 0.3) is 0 Å². The van der Waals surface area contributed by atoms with Crippen molar-refractivity contribution in [2.24, 2.45) is 4.99 Å². The van der Waals surface area contributed by atoms with Crippen LogP contribution in [0.5, 0.6) is 0 Å². The first-order chi connectivity index (χ1) is 17.7. The summed E-state index contributed by atoms with van der Waals surface area (Å²) in [6.45, 7) is 5.91. The summed E-state index contributed by atoms with van der Waals surface area (Å²) < 4.78 is 29.3. The summed E-state index contributed by atoms with van der Waals surface area (Å²) in [6, 6.07) is 8.42. The molecule has 2 fully saturated rings. The molecule has 196 valence electrons. The fraction of sp³-hybridized carbons (Fsp3) is 0.407. The molecule has 2 aromatic rings. The van der Waals surface area contributed by atoms with E-state index < -0.39 is 23.6 Å². The molecule has 0 atom stereocenters. The van der Waals surface area contributed by atoms with Crippen LogP contribution in [0.15, 0.2) is 41.4 Å². The molecular weight excluding hydrogens is 480 g/mol. The largest absolute Gasteiger partial charge is 0.336 e. The van der Waals surface area contributed by atoms with E-state index in [-0.39, 0.29) is 23.2 Å². The van der Waals surface area contributed by atoms with Gasteiger partial charge in [0.2, 0.25) is 0 Å². The van der Waals surface area contributed by atoms with Gasteiger partial charge in [0.15, 0.2) is 0 Å². The molecule has 2 aliphatic rings. The Balaban J connectivity index is 1.33. The lowest BCUT2D eigenvalue weighted by molar-refractivity contribution is 0.0623. The average molecular weight is 512 g/mol. The number of urea groups is 1. The lowest BCUT2D eigenvalue weighted by atomic mass is 9.93. The number of benzene rings is 2. The highest BCUT2D eigenvalue weighted by Crippen LogP contribution is 2.23. The Morgan fingerprint density at radius 2 is 1.73 bits per heavy atom. The van der Waals surface area contributed by atoms with E-state index in [2.05, 4.69) is 20.5 Å². The molecule has 8 nitrogen and oxygen atoms in total. The molecule has 4 rings (SSSR count). The highest BCUT2D eigenvalue weighted by atomic mass is 19.1. The van der Waals surface area contributed by atoms with Gasteiger partial charge >= 0.3 is 6.03 Å². The van der Waals surface area contributed by atoms with Gasteiger partial charge in [-0.1, -0.05) is 12.1 Å². The van der Waals surface area contributed by atoms with Crippen molar-refractivity contribution in [1.29, 1.82) is 0 Å². The Kier molecular flexibility index (Phi) is 8.27. The second-order valence-electron chi connectivity index (χ2n) is 9.67. The molecule has 2 N–H and O–H groups in total. The van der Waals surface area contributed by atoms with Gasteiger partial charge in [-0.25, -0.2) is 18.6 Å². The lowest BCUT2D eigenvalue weighted by Gasteiger charge is -2.35. The zero-order valence-electron chi connectivity index (χ0n) is 21.0. The Bertz CT molecular complexity index is 1220. The van der Waals surface area contributed by atoms with Crippen LogP contribution in [0.1, 0.15) is 59.4 Å². The number of anilines is 1. The number of aliphatic imine (C=N–C) groups is 1. The van der Waals surface area contributed by atoms with E-state index in [4.69, 9.17) is 0 Å². The van der Waals surface area contributed by atoms with Gasteiger partial charge in [0.1, 0.15) is 11.6 Å². The van der Waals surface area contributed by atoms with Gasteiger partial charge in [0.25, 0.3) is 11.8 Å². The normalized spacial score (nSPS) is 16.1. The molecule has 1 aliphatic carbocycles. The second kappa shape index (κ2) is 11.6. The van der Waals surface area contributed by atoms with E-state index in [1.807, 2.05) is 18.2 Å². The zero-order valence-corrected chi connectivity index (χ0v) is 21.0. The summed E-state index contributed by atoms with van der Waals surface area (Å²) in [5.41, 5.74) is 1.48. The quantitative estimate of drug-likeness (QED) is 0.568. The average Bonchev–Trinajstić information content (AvgIpc) is 2.83. The number of rotatable bonds is 6. The maximum Gasteiger partial charge on any atom is 0.319 e. The topological polar surface area (TPSA) is 94.1 Å². The minimum absolute atomic E-state index is 0.0540. The number of carbonyl (C=O) groups is 3. The third-order valence-corrected chi connectivity index (χ3v) is 6.54. The van der Waals surface area contributed by atoms with E-state index in [1.165, 1.54) is 4.90 Å². The number of carbonyl (C=O) groups excluding carboxylic acids is 3.